The molecule has 2 aliphatic rings. The summed E-state index contributed by atoms with van der Waals surface area (Å²) in [6.07, 6.45) is 3.78. The van der Waals surface area contributed by atoms with Crippen LogP contribution >= 0.6 is 0 Å². The quantitative estimate of drug-likeness (QED) is 0.932. The van der Waals surface area contributed by atoms with Crippen LogP contribution in [0, 0.1) is 11.8 Å². The zero-order valence-electron chi connectivity index (χ0n) is 14.7. The molecule has 2 N–H and O–H groups in total. The van der Waals surface area contributed by atoms with Crippen molar-refractivity contribution >= 4 is 5.91 Å². The highest BCUT2D eigenvalue weighted by molar-refractivity contribution is 5.76. The van der Waals surface area contributed by atoms with Gasteiger partial charge in [-0.05, 0) is 47.6 Å². The van der Waals surface area contributed by atoms with Crippen molar-refractivity contribution in [2.45, 2.75) is 57.9 Å². The first kappa shape index (κ1) is 16.5. The molecule has 0 bridgehead atoms. The molecule has 23 heavy (non-hydrogen) atoms. The number of benzene rings is 1. The van der Waals surface area contributed by atoms with Gasteiger partial charge in [0.05, 0.1) is 0 Å². The molecule has 1 aromatic carbocycles. The van der Waals surface area contributed by atoms with Gasteiger partial charge in [0.25, 0.3) is 0 Å². The van der Waals surface area contributed by atoms with Gasteiger partial charge in [0.15, 0.2) is 0 Å². The van der Waals surface area contributed by atoms with E-state index in [2.05, 4.69) is 49.9 Å². The minimum absolute atomic E-state index is 0.181. The smallest absolute Gasteiger partial charge is 0.222 e. The molecule has 3 rings (SSSR count). The number of nitrogens with zero attached hydrogens (tertiary/aromatic N) is 1. The topological polar surface area (TPSA) is 46.3 Å². The van der Waals surface area contributed by atoms with E-state index in [0.29, 0.717) is 30.2 Å². The van der Waals surface area contributed by atoms with E-state index in [-0.39, 0.29) is 5.41 Å². The van der Waals surface area contributed by atoms with Gasteiger partial charge in [0.1, 0.15) is 0 Å². The predicted molar refractivity (Wildman–Crippen MR) is 94.2 cm³/mol. The Kier molecular flexibility index (Phi) is 4.50. The van der Waals surface area contributed by atoms with Gasteiger partial charge in [-0.1, -0.05) is 45.0 Å². The average molecular weight is 314 g/mol. The van der Waals surface area contributed by atoms with Crippen molar-refractivity contribution in [2.24, 2.45) is 17.6 Å². The number of hydrogen-bond acceptors (Lipinski definition) is 2. The number of nitrogens with two attached hydrogens (primary N) is 1. The lowest BCUT2D eigenvalue weighted by molar-refractivity contribution is -0.130. The van der Waals surface area contributed by atoms with Crippen LogP contribution in [0.2, 0.25) is 0 Å². The maximum Gasteiger partial charge on any atom is 0.222 e. The van der Waals surface area contributed by atoms with Crippen LogP contribution in [0.1, 0.15) is 51.2 Å². The first-order valence-corrected chi connectivity index (χ1v) is 8.97. The lowest BCUT2D eigenvalue weighted by Crippen LogP contribution is -2.33. The van der Waals surface area contributed by atoms with E-state index in [4.69, 9.17) is 5.73 Å². The van der Waals surface area contributed by atoms with Gasteiger partial charge in [0, 0.05) is 25.6 Å². The zero-order valence-corrected chi connectivity index (χ0v) is 14.7. The van der Waals surface area contributed by atoms with Crippen LogP contribution in [0.3, 0.4) is 0 Å². The summed E-state index contributed by atoms with van der Waals surface area (Å²) in [5.74, 6) is 1.50. The predicted octanol–water partition coefficient (Wildman–Crippen LogP) is 3.11. The third-order valence-corrected chi connectivity index (χ3v) is 5.71. The van der Waals surface area contributed by atoms with E-state index in [0.717, 1.165) is 25.9 Å². The molecular weight excluding hydrogens is 284 g/mol. The molecule has 1 aliphatic heterocycles. The molecule has 1 saturated carbocycles. The molecule has 3 heteroatoms. The monoisotopic (exact) mass is 314 g/mol. The maximum atomic E-state index is 12.5. The molecule has 1 saturated heterocycles. The van der Waals surface area contributed by atoms with E-state index >= 15 is 0 Å². The van der Waals surface area contributed by atoms with Crippen molar-refractivity contribution in [1.82, 2.24) is 4.90 Å². The summed E-state index contributed by atoms with van der Waals surface area (Å²) < 4.78 is 0. The van der Waals surface area contributed by atoms with E-state index in [1.807, 2.05) is 0 Å². The maximum absolute atomic E-state index is 12.5. The van der Waals surface area contributed by atoms with Crippen molar-refractivity contribution in [3.8, 4) is 0 Å². The summed E-state index contributed by atoms with van der Waals surface area (Å²) >= 11 is 0. The zero-order chi connectivity index (χ0) is 16.6. The Balaban J connectivity index is 1.52. The van der Waals surface area contributed by atoms with Crippen LogP contribution < -0.4 is 5.73 Å². The Morgan fingerprint density at radius 3 is 2.48 bits per heavy atom. The number of fused-ring (bicyclic) bond motifs is 1. The summed E-state index contributed by atoms with van der Waals surface area (Å²) in [6.45, 7) is 8.48. The highest BCUT2D eigenvalue weighted by Crippen LogP contribution is 2.37. The molecule has 0 aromatic heterocycles. The third-order valence-electron chi connectivity index (χ3n) is 5.71. The standard InChI is InChI=1S/C20H30N2O/c1-20(2,3)16-8-4-14(5-9-16)6-11-19(23)22-12-15-7-10-18(21)17(15)13-22/h4-5,8-9,15,17-18H,6-7,10-13,21H2,1-3H3. The normalized spacial score (nSPS) is 27.3. The van der Waals surface area contributed by atoms with Crippen LogP contribution in [-0.4, -0.2) is 29.9 Å². The minimum atomic E-state index is 0.181. The first-order chi connectivity index (χ1) is 10.8. The minimum Gasteiger partial charge on any atom is -0.342 e. The molecule has 2 fully saturated rings. The van der Waals surface area contributed by atoms with Gasteiger partial charge < -0.3 is 10.6 Å². The highest BCUT2D eigenvalue weighted by atomic mass is 16.2. The number of carbonyl (C=O) groups excluding carboxylic acids is 1. The number of aryl methyl sites for hydroxylation is 1. The summed E-state index contributed by atoms with van der Waals surface area (Å²) in [5, 5.41) is 0. The largest absolute Gasteiger partial charge is 0.342 e. The summed E-state index contributed by atoms with van der Waals surface area (Å²) in [7, 11) is 0. The average Bonchev–Trinajstić information content (AvgIpc) is 3.07. The number of likely N-dealkylation sites (tertiary alicyclic amines) is 1. The second-order valence-corrected chi connectivity index (χ2v) is 8.41. The molecule has 1 heterocycles. The van der Waals surface area contributed by atoms with Crippen LogP contribution in [0.15, 0.2) is 24.3 Å². The Morgan fingerprint density at radius 2 is 1.87 bits per heavy atom. The fraction of sp³-hybridized carbons (Fsp3) is 0.650. The molecule has 3 nitrogen and oxygen atoms in total. The highest BCUT2D eigenvalue weighted by Gasteiger charge is 2.42. The van der Waals surface area contributed by atoms with Crippen molar-refractivity contribution in [3.63, 3.8) is 0 Å². The summed E-state index contributed by atoms with van der Waals surface area (Å²) in [4.78, 5) is 14.5. The second kappa shape index (κ2) is 6.27. The van der Waals surface area contributed by atoms with Gasteiger partial charge in [-0.15, -0.1) is 0 Å². The van der Waals surface area contributed by atoms with Gasteiger partial charge in [-0.3, -0.25) is 4.79 Å². The third kappa shape index (κ3) is 3.60. The number of hydrogen-bond donors (Lipinski definition) is 1. The lowest BCUT2D eigenvalue weighted by atomic mass is 9.86. The van der Waals surface area contributed by atoms with E-state index in [1.165, 1.54) is 17.5 Å². The molecule has 1 aromatic rings. The molecule has 0 radical (unpaired) electrons. The van der Waals surface area contributed by atoms with Crippen molar-refractivity contribution in [3.05, 3.63) is 35.4 Å². The van der Waals surface area contributed by atoms with E-state index in [9.17, 15) is 4.79 Å². The lowest BCUT2D eigenvalue weighted by Gasteiger charge is -2.20. The molecule has 126 valence electrons. The van der Waals surface area contributed by atoms with Crippen molar-refractivity contribution in [2.75, 3.05) is 13.1 Å². The number of amides is 1. The Labute approximate surface area is 140 Å². The fourth-order valence-electron chi connectivity index (χ4n) is 4.09. The SMILES string of the molecule is CC(C)(C)c1ccc(CCC(=O)N2CC3CCC(N)C3C2)cc1. The molecule has 3 atom stereocenters. The van der Waals surface area contributed by atoms with Crippen LogP contribution in [0.5, 0.6) is 0 Å². The Bertz CT molecular complexity index is 558. The molecular formula is C20H30N2O. The van der Waals surface area contributed by atoms with Gasteiger partial charge >= 0.3 is 0 Å². The van der Waals surface area contributed by atoms with E-state index in [1.54, 1.807) is 0 Å². The summed E-state index contributed by atoms with van der Waals surface area (Å²) in [5.41, 5.74) is 8.93. The molecule has 1 aliphatic carbocycles. The van der Waals surface area contributed by atoms with Gasteiger partial charge in [-0.2, -0.15) is 0 Å². The van der Waals surface area contributed by atoms with Crippen LogP contribution in [-0.2, 0) is 16.6 Å². The molecule has 3 unspecified atom stereocenters. The second-order valence-electron chi connectivity index (χ2n) is 8.41. The fourth-order valence-corrected chi connectivity index (χ4v) is 4.09. The van der Waals surface area contributed by atoms with Crippen LogP contribution in [0.4, 0.5) is 0 Å². The Morgan fingerprint density at radius 1 is 1.17 bits per heavy atom. The molecule has 0 spiro atoms. The Hall–Kier alpha value is -1.35. The van der Waals surface area contributed by atoms with Gasteiger partial charge in [-0.25, -0.2) is 0 Å². The van der Waals surface area contributed by atoms with Gasteiger partial charge in [0.2, 0.25) is 5.91 Å². The molecule has 1 amide bonds. The first-order valence-electron chi connectivity index (χ1n) is 8.97. The van der Waals surface area contributed by atoms with E-state index < -0.39 is 0 Å². The van der Waals surface area contributed by atoms with Crippen molar-refractivity contribution < 1.29 is 4.79 Å². The number of rotatable bonds is 3. The number of carbonyl (C=O) groups is 1. The summed E-state index contributed by atoms with van der Waals surface area (Å²) in [6, 6.07) is 9.03. The van der Waals surface area contributed by atoms with Crippen molar-refractivity contribution in [1.29, 1.82) is 0 Å². The van der Waals surface area contributed by atoms with Crippen LogP contribution in [0.25, 0.3) is 0 Å².